The van der Waals surface area contributed by atoms with Crippen molar-refractivity contribution in [2.75, 3.05) is 0 Å². The van der Waals surface area contributed by atoms with Crippen LogP contribution in [0.15, 0.2) is 39.4 Å². The Hall–Kier alpha value is -0.810. The summed E-state index contributed by atoms with van der Waals surface area (Å²) in [7, 11) is 1.85. The SMILES string of the molecule is Cn1ccc(Oc2cc(Br)ccc2Br)n1. The number of aromatic nitrogens is 2. The van der Waals surface area contributed by atoms with E-state index in [1.165, 1.54) is 0 Å². The molecule has 0 fully saturated rings. The molecule has 0 bridgehead atoms. The van der Waals surface area contributed by atoms with Gasteiger partial charge in [0.2, 0.25) is 5.88 Å². The van der Waals surface area contributed by atoms with Crippen LogP contribution in [0.5, 0.6) is 11.6 Å². The van der Waals surface area contributed by atoms with Crippen molar-refractivity contribution in [2.45, 2.75) is 0 Å². The Morgan fingerprint density at radius 1 is 1.27 bits per heavy atom. The van der Waals surface area contributed by atoms with Gasteiger partial charge in [0, 0.05) is 23.8 Å². The van der Waals surface area contributed by atoms with Crippen molar-refractivity contribution in [1.29, 1.82) is 0 Å². The van der Waals surface area contributed by atoms with Crippen molar-refractivity contribution in [3.05, 3.63) is 39.4 Å². The molecule has 0 unspecified atom stereocenters. The van der Waals surface area contributed by atoms with Crippen LogP contribution in [0.2, 0.25) is 0 Å². The molecule has 3 nitrogen and oxygen atoms in total. The fourth-order valence-corrected chi connectivity index (χ4v) is 1.78. The fraction of sp³-hybridized carbons (Fsp3) is 0.100. The van der Waals surface area contributed by atoms with Gasteiger partial charge in [-0.05, 0) is 34.1 Å². The molecule has 2 aromatic rings. The zero-order chi connectivity index (χ0) is 10.8. The van der Waals surface area contributed by atoms with E-state index in [4.69, 9.17) is 4.74 Å². The van der Waals surface area contributed by atoms with Crippen molar-refractivity contribution in [1.82, 2.24) is 9.78 Å². The van der Waals surface area contributed by atoms with E-state index in [0.717, 1.165) is 14.7 Å². The van der Waals surface area contributed by atoms with Crippen molar-refractivity contribution < 1.29 is 4.74 Å². The van der Waals surface area contributed by atoms with Gasteiger partial charge >= 0.3 is 0 Å². The Bertz CT molecular complexity index is 482. The standard InChI is InChI=1S/C10H8Br2N2O/c1-14-5-4-10(13-14)15-9-6-7(11)2-3-8(9)12/h2-6H,1H3. The summed E-state index contributed by atoms with van der Waals surface area (Å²) in [5, 5.41) is 4.14. The highest BCUT2D eigenvalue weighted by Crippen LogP contribution is 2.31. The highest BCUT2D eigenvalue weighted by atomic mass is 79.9. The molecule has 0 radical (unpaired) electrons. The van der Waals surface area contributed by atoms with Crippen LogP contribution in [0.4, 0.5) is 0 Å². The molecule has 2 rings (SSSR count). The van der Waals surface area contributed by atoms with E-state index in [9.17, 15) is 0 Å². The summed E-state index contributed by atoms with van der Waals surface area (Å²) >= 11 is 6.80. The van der Waals surface area contributed by atoms with Gasteiger partial charge in [-0.25, -0.2) is 0 Å². The summed E-state index contributed by atoms with van der Waals surface area (Å²) in [5.41, 5.74) is 0. The molecule has 0 atom stereocenters. The third-order valence-corrected chi connectivity index (χ3v) is 2.95. The van der Waals surface area contributed by atoms with E-state index < -0.39 is 0 Å². The zero-order valence-electron chi connectivity index (χ0n) is 7.95. The van der Waals surface area contributed by atoms with Gasteiger partial charge in [0.1, 0.15) is 5.75 Å². The maximum atomic E-state index is 5.60. The maximum absolute atomic E-state index is 5.60. The smallest absolute Gasteiger partial charge is 0.238 e. The lowest BCUT2D eigenvalue weighted by molar-refractivity contribution is 0.451. The average Bonchev–Trinajstić information content (AvgIpc) is 2.58. The molecule has 78 valence electrons. The van der Waals surface area contributed by atoms with Gasteiger partial charge in [0.25, 0.3) is 0 Å². The van der Waals surface area contributed by atoms with Gasteiger partial charge in [0.05, 0.1) is 4.47 Å². The zero-order valence-corrected chi connectivity index (χ0v) is 11.1. The number of halogens is 2. The minimum atomic E-state index is 0.580. The topological polar surface area (TPSA) is 27.1 Å². The molecule has 5 heteroatoms. The van der Waals surface area contributed by atoms with Gasteiger partial charge in [0.15, 0.2) is 0 Å². The second-order valence-corrected chi connectivity index (χ2v) is 4.77. The number of hydrogen-bond acceptors (Lipinski definition) is 2. The molecule has 0 spiro atoms. The van der Waals surface area contributed by atoms with Crippen LogP contribution in [-0.2, 0) is 7.05 Å². The van der Waals surface area contributed by atoms with Crippen LogP contribution in [-0.4, -0.2) is 9.78 Å². The lowest BCUT2D eigenvalue weighted by atomic mass is 10.3. The van der Waals surface area contributed by atoms with E-state index in [1.54, 1.807) is 4.68 Å². The first kappa shape index (κ1) is 10.7. The Kier molecular flexibility index (Phi) is 3.11. The molecule has 0 aliphatic heterocycles. The van der Waals surface area contributed by atoms with E-state index in [2.05, 4.69) is 37.0 Å². The van der Waals surface area contributed by atoms with Crippen LogP contribution < -0.4 is 4.74 Å². The minimum Gasteiger partial charge on any atom is -0.436 e. The van der Waals surface area contributed by atoms with Gasteiger partial charge in [-0.1, -0.05) is 15.9 Å². The van der Waals surface area contributed by atoms with Crippen molar-refractivity contribution in [3.8, 4) is 11.6 Å². The normalized spacial score (nSPS) is 10.3. The monoisotopic (exact) mass is 330 g/mol. The van der Waals surface area contributed by atoms with Gasteiger partial charge in [-0.15, -0.1) is 5.10 Å². The first-order chi connectivity index (χ1) is 7.15. The molecule has 0 saturated carbocycles. The predicted molar refractivity (Wildman–Crippen MR) is 65.1 cm³/mol. The van der Waals surface area contributed by atoms with Crippen LogP contribution in [0.3, 0.4) is 0 Å². The highest BCUT2D eigenvalue weighted by Gasteiger charge is 2.05. The van der Waals surface area contributed by atoms with Gasteiger partial charge < -0.3 is 4.74 Å². The van der Waals surface area contributed by atoms with Gasteiger partial charge in [-0.2, -0.15) is 0 Å². The number of nitrogens with zero attached hydrogens (tertiary/aromatic N) is 2. The average molecular weight is 332 g/mol. The number of rotatable bonds is 2. The third-order valence-electron chi connectivity index (χ3n) is 1.80. The molecule has 0 aliphatic carbocycles. The lowest BCUT2D eigenvalue weighted by Gasteiger charge is -2.04. The van der Waals surface area contributed by atoms with Gasteiger partial charge in [-0.3, -0.25) is 4.68 Å². The van der Waals surface area contributed by atoms with Crippen molar-refractivity contribution in [3.63, 3.8) is 0 Å². The molecule has 1 heterocycles. The molecule has 0 amide bonds. The summed E-state index contributed by atoms with van der Waals surface area (Å²) in [5.74, 6) is 1.32. The fourth-order valence-electron chi connectivity index (χ4n) is 1.12. The second-order valence-electron chi connectivity index (χ2n) is 3.00. The molecule has 15 heavy (non-hydrogen) atoms. The third kappa shape index (κ3) is 2.60. The molecular formula is C10H8Br2N2O. The molecule has 1 aromatic carbocycles. The number of benzene rings is 1. The minimum absolute atomic E-state index is 0.580. The van der Waals surface area contributed by atoms with Crippen LogP contribution in [0, 0.1) is 0 Å². The Balaban J connectivity index is 2.27. The second kappa shape index (κ2) is 4.37. The van der Waals surface area contributed by atoms with E-state index in [-0.39, 0.29) is 0 Å². The summed E-state index contributed by atoms with van der Waals surface area (Å²) in [6, 6.07) is 7.56. The Morgan fingerprint density at radius 2 is 2.07 bits per heavy atom. The molecular weight excluding hydrogens is 324 g/mol. The lowest BCUT2D eigenvalue weighted by Crippen LogP contribution is -1.90. The van der Waals surface area contributed by atoms with E-state index >= 15 is 0 Å². The quantitative estimate of drug-likeness (QED) is 0.838. The van der Waals surface area contributed by atoms with Crippen LogP contribution in [0.25, 0.3) is 0 Å². The number of ether oxygens (including phenoxy) is 1. The van der Waals surface area contributed by atoms with Crippen LogP contribution >= 0.6 is 31.9 Å². The van der Waals surface area contributed by atoms with E-state index in [1.807, 2.05) is 37.5 Å². The summed E-state index contributed by atoms with van der Waals surface area (Å²) in [6.07, 6.45) is 1.83. The molecule has 0 aliphatic rings. The Morgan fingerprint density at radius 3 is 2.73 bits per heavy atom. The summed E-state index contributed by atoms with van der Waals surface area (Å²) < 4.78 is 9.17. The van der Waals surface area contributed by atoms with E-state index in [0.29, 0.717) is 5.88 Å². The first-order valence-electron chi connectivity index (χ1n) is 4.28. The highest BCUT2D eigenvalue weighted by molar-refractivity contribution is 9.11. The molecule has 1 aromatic heterocycles. The van der Waals surface area contributed by atoms with Crippen molar-refractivity contribution in [2.24, 2.45) is 7.05 Å². The maximum Gasteiger partial charge on any atom is 0.238 e. The first-order valence-corrected chi connectivity index (χ1v) is 5.86. The largest absolute Gasteiger partial charge is 0.436 e. The predicted octanol–water partition coefficient (Wildman–Crippen LogP) is 3.74. The molecule has 0 saturated heterocycles. The van der Waals surface area contributed by atoms with Crippen LogP contribution in [0.1, 0.15) is 0 Å². The summed E-state index contributed by atoms with van der Waals surface area (Å²) in [6.45, 7) is 0. The van der Waals surface area contributed by atoms with Crippen molar-refractivity contribution >= 4 is 31.9 Å². The number of hydrogen-bond donors (Lipinski definition) is 0. The number of aryl methyl sites for hydroxylation is 1. The Labute approximate surface area is 104 Å². The molecule has 0 N–H and O–H groups in total. The summed E-state index contributed by atoms with van der Waals surface area (Å²) in [4.78, 5) is 0.